The van der Waals surface area contributed by atoms with Crippen LogP contribution in [-0.2, 0) is 0 Å². The lowest BCUT2D eigenvalue weighted by Crippen LogP contribution is -2.01. The van der Waals surface area contributed by atoms with Crippen molar-refractivity contribution in [1.82, 2.24) is 14.6 Å². The van der Waals surface area contributed by atoms with Crippen LogP contribution in [0.3, 0.4) is 0 Å². The minimum Gasteiger partial charge on any atom is -0.496 e. The lowest BCUT2D eigenvalue weighted by atomic mass is 10.0. The van der Waals surface area contributed by atoms with Crippen molar-refractivity contribution < 1.29 is 14.6 Å². The first-order valence-electron chi connectivity index (χ1n) is 6.74. The molecule has 3 rings (SSSR count). The van der Waals surface area contributed by atoms with Gasteiger partial charge in [0.15, 0.2) is 5.65 Å². The number of aromatic nitrogens is 3. The van der Waals surface area contributed by atoms with Crippen LogP contribution in [0.25, 0.3) is 16.9 Å². The van der Waals surface area contributed by atoms with Gasteiger partial charge in [-0.1, -0.05) is 0 Å². The molecule has 0 radical (unpaired) electrons. The van der Waals surface area contributed by atoms with Crippen molar-refractivity contribution in [2.75, 3.05) is 7.11 Å². The van der Waals surface area contributed by atoms with Crippen molar-refractivity contribution in [2.24, 2.45) is 0 Å². The third kappa shape index (κ3) is 2.28. The van der Waals surface area contributed by atoms with Crippen molar-refractivity contribution >= 4 is 11.6 Å². The van der Waals surface area contributed by atoms with Gasteiger partial charge in [-0.05, 0) is 37.1 Å². The van der Waals surface area contributed by atoms with Gasteiger partial charge in [0.1, 0.15) is 5.75 Å². The fourth-order valence-electron chi connectivity index (χ4n) is 2.28. The summed E-state index contributed by atoms with van der Waals surface area (Å²) in [4.78, 5) is 15.1. The molecule has 22 heavy (non-hydrogen) atoms. The van der Waals surface area contributed by atoms with Gasteiger partial charge >= 0.3 is 5.97 Å². The first-order valence-corrected chi connectivity index (χ1v) is 6.74. The molecule has 0 saturated heterocycles. The summed E-state index contributed by atoms with van der Waals surface area (Å²) in [5.41, 5.74) is 4.49. The van der Waals surface area contributed by atoms with Gasteiger partial charge < -0.3 is 9.84 Å². The molecular formula is C16H15N3O3. The molecule has 0 fully saturated rings. The number of carboxylic acids is 1. The third-order valence-corrected chi connectivity index (χ3v) is 3.65. The number of carbonyl (C=O) groups is 1. The van der Waals surface area contributed by atoms with E-state index in [1.54, 1.807) is 13.2 Å². The van der Waals surface area contributed by atoms with Gasteiger partial charge in [0, 0.05) is 24.0 Å². The highest BCUT2D eigenvalue weighted by atomic mass is 16.5. The monoisotopic (exact) mass is 297 g/mol. The Bertz CT molecular complexity index is 884. The maximum absolute atomic E-state index is 11.0. The summed E-state index contributed by atoms with van der Waals surface area (Å²) < 4.78 is 6.90. The minimum atomic E-state index is -1.03. The van der Waals surface area contributed by atoms with Crippen molar-refractivity contribution in [1.29, 1.82) is 0 Å². The summed E-state index contributed by atoms with van der Waals surface area (Å²) in [5.74, 6) is -0.305. The van der Waals surface area contributed by atoms with Gasteiger partial charge in [-0.25, -0.2) is 14.3 Å². The fourth-order valence-corrected chi connectivity index (χ4v) is 2.28. The molecule has 6 heteroatoms. The molecule has 0 amide bonds. The number of ether oxygens (including phenoxy) is 1. The van der Waals surface area contributed by atoms with Crippen molar-refractivity contribution in [3.63, 3.8) is 0 Å². The van der Waals surface area contributed by atoms with E-state index >= 15 is 0 Å². The Labute approximate surface area is 127 Å². The van der Waals surface area contributed by atoms with E-state index in [0.717, 1.165) is 22.4 Å². The van der Waals surface area contributed by atoms with Crippen LogP contribution < -0.4 is 4.74 Å². The topological polar surface area (TPSA) is 76.7 Å². The second-order valence-corrected chi connectivity index (χ2v) is 5.12. The van der Waals surface area contributed by atoms with E-state index in [1.807, 2.05) is 26.0 Å². The predicted octanol–water partition coefficient (Wildman–Crippen LogP) is 2.72. The van der Waals surface area contributed by atoms with Gasteiger partial charge in [0.25, 0.3) is 0 Å². The van der Waals surface area contributed by atoms with Crippen LogP contribution in [0, 0.1) is 13.8 Å². The quantitative estimate of drug-likeness (QED) is 0.804. The van der Waals surface area contributed by atoms with Crippen LogP contribution in [0.1, 0.15) is 21.5 Å². The molecule has 0 aliphatic heterocycles. The Kier molecular flexibility index (Phi) is 3.29. The van der Waals surface area contributed by atoms with Gasteiger partial charge in [-0.3, -0.25) is 0 Å². The maximum atomic E-state index is 11.0. The number of fused-ring (bicyclic) bond motifs is 1. The van der Waals surface area contributed by atoms with E-state index < -0.39 is 5.97 Å². The summed E-state index contributed by atoms with van der Waals surface area (Å²) in [6.07, 6.45) is 2.77. The zero-order valence-electron chi connectivity index (χ0n) is 12.5. The average Bonchev–Trinajstić information content (AvgIpc) is 2.92. The Morgan fingerprint density at radius 2 is 1.95 bits per heavy atom. The van der Waals surface area contributed by atoms with Gasteiger partial charge in [-0.15, -0.1) is 0 Å². The smallest absolute Gasteiger partial charge is 0.338 e. The fraction of sp³-hybridized carbons (Fsp3) is 0.188. The van der Waals surface area contributed by atoms with Crippen LogP contribution in [-0.4, -0.2) is 32.8 Å². The van der Waals surface area contributed by atoms with E-state index in [2.05, 4.69) is 10.1 Å². The standard InChI is InChI=1S/C16H15N3O3/c1-9-4-12(14(22-3)5-10(9)2)13-6-15-17-7-11(16(20)21)8-19(15)18-13/h4-8H,1-3H3,(H,20,21). The van der Waals surface area contributed by atoms with E-state index in [0.29, 0.717) is 11.3 Å². The van der Waals surface area contributed by atoms with E-state index in [1.165, 1.54) is 16.9 Å². The maximum Gasteiger partial charge on any atom is 0.338 e. The average molecular weight is 297 g/mol. The van der Waals surface area contributed by atoms with Gasteiger partial charge in [0.05, 0.1) is 18.4 Å². The second kappa shape index (κ2) is 5.14. The molecule has 1 aromatic carbocycles. The zero-order valence-corrected chi connectivity index (χ0v) is 12.5. The molecule has 0 bridgehead atoms. The van der Waals surface area contributed by atoms with E-state index in [-0.39, 0.29) is 5.56 Å². The van der Waals surface area contributed by atoms with Crippen molar-refractivity contribution in [3.8, 4) is 17.0 Å². The van der Waals surface area contributed by atoms with E-state index in [4.69, 9.17) is 9.84 Å². The molecule has 0 aliphatic rings. The molecule has 1 N–H and O–H groups in total. The van der Waals surface area contributed by atoms with Gasteiger partial charge in [0.2, 0.25) is 0 Å². The Hall–Kier alpha value is -2.89. The molecule has 2 aromatic heterocycles. The number of aryl methyl sites for hydroxylation is 2. The molecule has 6 nitrogen and oxygen atoms in total. The minimum absolute atomic E-state index is 0.0919. The number of benzene rings is 1. The summed E-state index contributed by atoms with van der Waals surface area (Å²) in [6, 6.07) is 5.77. The number of methoxy groups -OCH3 is 1. The van der Waals surface area contributed by atoms with Crippen LogP contribution in [0.5, 0.6) is 5.75 Å². The molecule has 0 spiro atoms. The molecule has 112 valence electrons. The lowest BCUT2D eigenvalue weighted by Gasteiger charge is -2.09. The van der Waals surface area contributed by atoms with E-state index in [9.17, 15) is 4.79 Å². The predicted molar refractivity (Wildman–Crippen MR) is 81.4 cm³/mol. The summed E-state index contributed by atoms with van der Waals surface area (Å²) in [7, 11) is 1.62. The number of nitrogens with zero attached hydrogens (tertiary/aromatic N) is 3. The van der Waals surface area contributed by atoms with Crippen LogP contribution in [0.2, 0.25) is 0 Å². The normalized spacial score (nSPS) is 10.9. The number of aromatic carboxylic acids is 1. The molecule has 0 aliphatic carbocycles. The molecule has 0 saturated carbocycles. The number of carboxylic acid groups (broad SMARTS) is 1. The summed E-state index contributed by atoms with van der Waals surface area (Å²) >= 11 is 0. The Morgan fingerprint density at radius 3 is 2.64 bits per heavy atom. The first-order chi connectivity index (χ1) is 10.5. The second-order valence-electron chi connectivity index (χ2n) is 5.12. The van der Waals surface area contributed by atoms with Crippen LogP contribution >= 0.6 is 0 Å². The molecular weight excluding hydrogens is 282 g/mol. The highest BCUT2D eigenvalue weighted by Crippen LogP contribution is 2.32. The largest absolute Gasteiger partial charge is 0.496 e. The number of hydrogen-bond donors (Lipinski definition) is 1. The Morgan fingerprint density at radius 1 is 1.23 bits per heavy atom. The zero-order chi connectivity index (χ0) is 15.9. The van der Waals surface area contributed by atoms with Crippen LogP contribution in [0.4, 0.5) is 0 Å². The molecule has 0 unspecified atom stereocenters. The van der Waals surface area contributed by atoms with Crippen LogP contribution in [0.15, 0.2) is 30.6 Å². The molecule has 3 aromatic rings. The third-order valence-electron chi connectivity index (χ3n) is 3.65. The lowest BCUT2D eigenvalue weighted by molar-refractivity contribution is 0.0695. The first kappa shape index (κ1) is 14.1. The number of rotatable bonds is 3. The molecule has 2 heterocycles. The molecule has 0 atom stereocenters. The highest BCUT2D eigenvalue weighted by molar-refractivity contribution is 5.87. The summed E-state index contributed by atoms with van der Waals surface area (Å²) in [5, 5.41) is 13.4. The SMILES string of the molecule is COc1cc(C)c(C)cc1-c1cc2ncc(C(=O)O)cn2n1. The van der Waals surface area contributed by atoms with Crippen molar-refractivity contribution in [2.45, 2.75) is 13.8 Å². The van der Waals surface area contributed by atoms with Gasteiger partial charge in [-0.2, -0.15) is 5.10 Å². The number of hydrogen-bond acceptors (Lipinski definition) is 4. The Balaban J connectivity index is 2.18. The van der Waals surface area contributed by atoms with Crippen molar-refractivity contribution in [3.05, 3.63) is 47.3 Å². The highest BCUT2D eigenvalue weighted by Gasteiger charge is 2.13. The summed E-state index contributed by atoms with van der Waals surface area (Å²) in [6.45, 7) is 4.04.